The van der Waals surface area contributed by atoms with Crippen LogP contribution in [0.4, 0.5) is 0 Å². The highest BCUT2D eigenvalue weighted by Crippen LogP contribution is 1.47. The number of nitrogens with two attached hydrogens (primary N) is 2. The van der Waals surface area contributed by atoms with Gasteiger partial charge < -0.3 is 11.5 Å². The van der Waals surface area contributed by atoms with Crippen LogP contribution in [0.5, 0.6) is 0 Å². The molecule has 5 N–H and O–H groups in total. The Morgan fingerprint density at radius 3 is 1.80 bits per heavy atom. The third-order valence-electron chi connectivity index (χ3n) is 0.236. The summed E-state index contributed by atoms with van der Waals surface area (Å²) >= 11 is 0. The van der Waals surface area contributed by atoms with Crippen molar-refractivity contribution in [1.29, 1.82) is 0 Å². The van der Waals surface area contributed by atoms with E-state index in [1.165, 1.54) is 0 Å². The number of rotatable bonds is 1. The topological polar surface area (TPSA) is 75.8 Å². The quantitative estimate of drug-likeness (QED) is 0.372. The SMILES string of the molecule is [NH]CC(N)N. The molecule has 0 aromatic carbocycles. The van der Waals surface area contributed by atoms with E-state index in [-0.39, 0.29) is 6.54 Å². The maximum Gasteiger partial charge on any atom is 0.0663 e. The van der Waals surface area contributed by atoms with Crippen LogP contribution < -0.4 is 17.2 Å². The van der Waals surface area contributed by atoms with Crippen molar-refractivity contribution in [3.05, 3.63) is 0 Å². The highest BCUT2D eigenvalue weighted by atomic mass is 14.9. The second-order valence-electron chi connectivity index (χ2n) is 0.868. The molecule has 0 aromatic heterocycles. The molecule has 3 heteroatoms. The van der Waals surface area contributed by atoms with Gasteiger partial charge in [-0.15, -0.1) is 0 Å². The Kier molecular flexibility index (Phi) is 2.09. The molecule has 0 fully saturated rings. The minimum absolute atomic E-state index is 0.111. The lowest BCUT2D eigenvalue weighted by Crippen LogP contribution is -2.34. The number of hydrogen-bond donors (Lipinski definition) is 2. The Hall–Kier alpha value is -0.120. The zero-order valence-electron chi connectivity index (χ0n) is 2.94. The molecule has 0 aliphatic heterocycles. The molecule has 0 aliphatic rings. The summed E-state index contributed by atoms with van der Waals surface area (Å²) in [7, 11) is 0. The van der Waals surface area contributed by atoms with E-state index < -0.39 is 6.17 Å². The molecule has 0 rings (SSSR count). The summed E-state index contributed by atoms with van der Waals surface area (Å²) in [6, 6.07) is 0. The average molecular weight is 74.1 g/mol. The molecule has 0 unspecified atom stereocenters. The van der Waals surface area contributed by atoms with E-state index in [9.17, 15) is 0 Å². The summed E-state index contributed by atoms with van der Waals surface area (Å²) in [6.07, 6.45) is -0.449. The number of nitrogens with one attached hydrogen (secondary N) is 1. The summed E-state index contributed by atoms with van der Waals surface area (Å²) in [6.45, 7) is 0.111. The molecular formula is C2H8N3. The second-order valence-corrected chi connectivity index (χ2v) is 0.868. The lowest BCUT2D eigenvalue weighted by Gasteiger charge is -1.92. The third kappa shape index (κ3) is 3.88. The first-order valence-corrected chi connectivity index (χ1v) is 1.43. The molecule has 0 atom stereocenters. The fourth-order valence-corrected chi connectivity index (χ4v) is 0. The smallest absolute Gasteiger partial charge is 0.0663 e. The Morgan fingerprint density at radius 1 is 1.60 bits per heavy atom. The summed E-state index contributed by atoms with van der Waals surface area (Å²) in [4.78, 5) is 0. The van der Waals surface area contributed by atoms with E-state index in [0.29, 0.717) is 0 Å². The van der Waals surface area contributed by atoms with Gasteiger partial charge in [0.25, 0.3) is 0 Å². The molecule has 0 heterocycles. The van der Waals surface area contributed by atoms with Gasteiger partial charge >= 0.3 is 0 Å². The summed E-state index contributed by atoms with van der Waals surface area (Å²) in [5.41, 5.74) is 16.2. The van der Waals surface area contributed by atoms with Gasteiger partial charge in [-0.25, -0.2) is 0 Å². The zero-order valence-corrected chi connectivity index (χ0v) is 2.94. The van der Waals surface area contributed by atoms with Crippen LogP contribution in [0.15, 0.2) is 0 Å². The first-order valence-electron chi connectivity index (χ1n) is 1.43. The normalized spacial score (nSPS) is 9.60. The largest absolute Gasteiger partial charge is 0.315 e. The number of hydrogen-bond acceptors (Lipinski definition) is 2. The van der Waals surface area contributed by atoms with Crippen molar-refractivity contribution in [3.8, 4) is 0 Å². The molecule has 0 aromatic rings. The van der Waals surface area contributed by atoms with Gasteiger partial charge in [0.15, 0.2) is 0 Å². The first kappa shape index (κ1) is 4.88. The lowest BCUT2D eigenvalue weighted by molar-refractivity contribution is 0.706. The maximum absolute atomic E-state index is 6.41. The van der Waals surface area contributed by atoms with Crippen molar-refractivity contribution < 1.29 is 0 Å². The van der Waals surface area contributed by atoms with Crippen LogP contribution in [0, 0.1) is 0 Å². The van der Waals surface area contributed by atoms with E-state index in [1.807, 2.05) is 0 Å². The van der Waals surface area contributed by atoms with Gasteiger partial charge in [-0.1, -0.05) is 0 Å². The minimum Gasteiger partial charge on any atom is -0.315 e. The minimum atomic E-state index is -0.449. The molecule has 0 spiro atoms. The molecule has 0 amide bonds. The highest BCUT2D eigenvalue weighted by molar-refractivity contribution is 4.44. The molecule has 31 valence electrons. The van der Waals surface area contributed by atoms with E-state index in [0.717, 1.165) is 0 Å². The Balaban J connectivity index is 2.54. The summed E-state index contributed by atoms with van der Waals surface area (Å²) in [5.74, 6) is 0. The highest BCUT2D eigenvalue weighted by Gasteiger charge is 1.80. The van der Waals surface area contributed by atoms with Crippen LogP contribution in [-0.2, 0) is 0 Å². The second kappa shape index (κ2) is 2.14. The van der Waals surface area contributed by atoms with Gasteiger partial charge in [0.05, 0.1) is 6.17 Å². The van der Waals surface area contributed by atoms with Crippen LogP contribution in [0.3, 0.4) is 0 Å². The standard InChI is InChI=1S/C2H8N3/c3-1-2(4)5/h2-3H,1,4-5H2. The van der Waals surface area contributed by atoms with E-state index in [2.05, 4.69) is 0 Å². The Labute approximate surface area is 31.1 Å². The molecule has 1 radical (unpaired) electrons. The van der Waals surface area contributed by atoms with E-state index in [1.54, 1.807) is 0 Å². The predicted octanol–water partition coefficient (Wildman–Crippen LogP) is -1.49. The Bertz CT molecular complexity index is 18.9. The molecule has 0 saturated heterocycles. The molecule has 0 saturated carbocycles. The Morgan fingerprint density at radius 2 is 1.80 bits per heavy atom. The van der Waals surface area contributed by atoms with E-state index in [4.69, 9.17) is 17.2 Å². The fourth-order valence-electron chi connectivity index (χ4n) is 0. The van der Waals surface area contributed by atoms with Gasteiger partial charge in [0, 0.05) is 6.54 Å². The van der Waals surface area contributed by atoms with Crippen molar-refractivity contribution in [3.63, 3.8) is 0 Å². The van der Waals surface area contributed by atoms with Gasteiger partial charge in [-0.2, -0.15) is 0 Å². The van der Waals surface area contributed by atoms with Crippen molar-refractivity contribution in [2.75, 3.05) is 6.54 Å². The first-order chi connectivity index (χ1) is 2.27. The molecule has 3 nitrogen and oxygen atoms in total. The van der Waals surface area contributed by atoms with Crippen LogP contribution in [-0.4, -0.2) is 12.7 Å². The van der Waals surface area contributed by atoms with Gasteiger partial charge in [0.2, 0.25) is 0 Å². The van der Waals surface area contributed by atoms with Crippen molar-refractivity contribution in [1.82, 2.24) is 5.73 Å². The monoisotopic (exact) mass is 74.1 g/mol. The van der Waals surface area contributed by atoms with Crippen molar-refractivity contribution >= 4 is 0 Å². The van der Waals surface area contributed by atoms with Gasteiger partial charge in [-0.3, -0.25) is 5.73 Å². The van der Waals surface area contributed by atoms with Crippen molar-refractivity contribution in [2.45, 2.75) is 6.17 Å². The van der Waals surface area contributed by atoms with Gasteiger partial charge in [-0.05, 0) is 0 Å². The van der Waals surface area contributed by atoms with Crippen LogP contribution in [0.25, 0.3) is 0 Å². The maximum atomic E-state index is 6.41. The average Bonchev–Trinajstić information content (AvgIpc) is 1.38. The summed E-state index contributed by atoms with van der Waals surface area (Å²) in [5, 5.41) is 0. The fraction of sp³-hybridized carbons (Fsp3) is 1.00. The zero-order chi connectivity index (χ0) is 4.28. The molecule has 5 heavy (non-hydrogen) atoms. The van der Waals surface area contributed by atoms with E-state index >= 15 is 0 Å². The van der Waals surface area contributed by atoms with Crippen LogP contribution >= 0.6 is 0 Å². The molecule has 0 aliphatic carbocycles. The third-order valence-corrected chi connectivity index (χ3v) is 0.236. The molecule has 0 bridgehead atoms. The van der Waals surface area contributed by atoms with Crippen molar-refractivity contribution in [2.24, 2.45) is 11.5 Å². The molecular weight excluding hydrogens is 66.0 g/mol. The lowest BCUT2D eigenvalue weighted by atomic mass is 10.6. The van der Waals surface area contributed by atoms with Crippen LogP contribution in [0.2, 0.25) is 0 Å². The van der Waals surface area contributed by atoms with Gasteiger partial charge in [0.1, 0.15) is 0 Å². The predicted molar refractivity (Wildman–Crippen MR) is 20.1 cm³/mol. The van der Waals surface area contributed by atoms with Crippen LogP contribution in [0.1, 0.15) is 0 Å². The summed E-state index contributed by atoms with van der Waals surface area (Å²) < 4.78 is 0.